The second kappa shape index (κ2) is 9.68. The first-order valence-corrected chi connectivity index (χ1v) is 8.00. The SMILES string of the molecule is COCCOCCOCCN1CCC2NCCCC2C1. The van der Waals surface area contributed by atoms with Crippen molar-refractivity contribution in [1.29, 1.82) is 0 Å². The van der Waals surface area contributed by atoms with Crippen LogP contribution in [0, 0.1) is 5.92 Å². The van der Waals surface area contributed by atoms with Crippen molar-refractivity contribution in [3.8, 4) is 0 Å². The van der Waals surface area contributed by atoms with Crippen LogP contribution >= 0.6 is 0 Å². The zero-order valence-corrected chi connectivity index (χ0v) is 12.8. The van der Waals surface area contributed by atoms with E-state index in [9.17, 15) is 0 Å². The van der Waals surface area contributed by atoms with Crippen LogP contribution in [0.25, 0.3) is 0 Å². The zero-order valence-electron chi connectivity index (χ0n) is 12.8. The zero-order chi connectivity index (χ0) is 14.0. The topological polar surface area (TPSA) is 43.0 Å². The largest absolute Gasteiger partial charge is 0.382 e. The van der Waals surface area contributed by atoms with Crippen molar-refractivity contribution in [2.24, 2.45) is 5.92 Å². The maximum Gasteiger partial charge on any atom is 0.0701 e. The number of rotatable bonds is 9. The van der Waals surface area contributed by atoms with E-state index in [1.807, 2.05) is 0 Å². The van der Waals surface area contributed by atoms with E-state index in [1.54, 1.807) is 7.11 Å². The monoisotopic (exact) mass is 286 g/mol. The Bertz CT molecular complexity index is 253. The molecule has 2 heterocycles. The lowest BCUT2D eigenvalue weighted by Gasteiger charge is -2.41. The molecule has 0 saturated carbocycles. The van der Waals surface area contributed by atoms with Crippen LogP contribution in [0.4, 0.5) is 0 Å². The van der Waals surface area contributed by atoms with Gasteiger partial charge in [-0.1, -0.05) is 0 Å². The third-order valence-corrected chi connectivity index (χ3v) is 4.33. The summed E-state index contributed by atoms with van der Waals surface area (Å²) in [6.07, 6.45) is 4.03. The van der Waals surface area contributed by atoms with Gasteiger partial charge < -0.3 is 24.4 Å². The summed E-state index contributed by atoms with van der Waals surface area (Å²) in [4.78, 5) is 2.56. The second-order valence-electron chi connectivity index (χ2n) is 5.77. The van der Waals surface area contributed by atoms with Gasteiger partial charge in [0, 0.05) is 26.2 Å². The number of likely N-dealkylation sites (tertiary alicyclic amines) is 1. The minimum absolute atomic E-state index is 0.655. The molecule has 0 amide bonds. The van der Waals surface area contributed by atoms with Crippen LogP contribution in [-0.2, 0) is 14.2 Å². The molecule has 2 aliphatic heterocycles. The van der Waals surface area contributed by atoms with Gasteiger partial charge in [0.05, 0.1) is 33.0 Å². The molecule has 2 saturated heterocycles. The maximum atomic E-state index is 5.63. The molecule has 0 bridgehead atoms. The van der Waals surface area contributed by atoms with Gasteiger partial charge in [-0.3, -0.25) is 0 Å². The average molecular weight is 286 g/mol. The number of piperidine rings is 2. The van der Waals surface area contributed by atoms with Gasteiger partial charge in [-0.25, -0.2) is 0 Å². The molecule has 0 aromatic rings. The average Bonchev–Trinajstić information content (AvgIpc) is 2.50. The number of nitrogens with one attached hydrogen (secondary N) is 1. The van der Waals surface area contributed by atoms with Crippen LogP contribution in [0.2, 0.25) is 0 Å². The molecular weight excluding hydrogens is 256 g/mol. The fraction of sp³-hybridized carbons (Fsp3) is 1.00. The Labute approximate surface area is 122 Å². The highest BCUT2D eigenvalue weighted by Crippen LogP contribution is 2.24. The summed E-state index contributed by atoms with van der Waals surface area (Å²) in [7, 11) is 1.69. The van der Waals surface area contributed by atoms with Crippen molar-refractivity contribution in [1.82, 2.24) is 10.2 Å². The molecule has 0 aliphatic carbocycles. The number of hydrogen-bond acceptors (Lipinski definition) is 5. The van der Waals surface area contributed by atoms with Crippen LogP contribution in [-0.4, -0.2) is 77.3 Å². The van der Waals surface area contributed by atoms with E-state index >= 15 is 0 Å². The molecule has 20 heavy (non-hydrogen) atoms. The van der Waals surface area contributed by atoms with E-state index in [1.165, 1.54) is 38.9 Å². The van der Waals surface area contributed by atoms with Crippen molar-refractivity contribution in [3.05, 3.63) is 0 Å². The Morgan fingerprint density at radius 1 is 1.05 bits per heavy atom. The van der Waals surface area contributed by atoms with Gasteiger partial charge in [0.25, 0.3) is 0 Å². The van der Waals surface area contributed by atoms with E-state index in [4.69, 9.17) is 14.2 Å². The standard InChI is InChI=1S/C15H30N2O3/c1-18-9-10-20-12-11-19-8-7-17-6-4-15-14(13-17)3-2-5-16-15/h14-16H,2-13H2,1H3. The molecule has 1 N–H and O–H groups in total. The van der Waals surface area contributed by atoms with Crippen molar-refractivity contribution in [2.75, 3.05) is 66.3 Å². The summed E-state index contributed by atoms with van der Waals surface area (Å²) in [5.74, 6) is 0.856. The Hall–Kier alpha value is -0.200. The summed E-state index contributed by atoms with van der Waals surface area (Å²) < 4.78 is 15.9. The molecule has 2 aliphatic rings. The van der Waals surface area contributed by atoms with Crippen molar-refractivity contribution in [2.45, 2.75) is 25.3 Å². The predicted octanol–water partition coefficient (Wildman–Crippen LogP) is 0.740. The fourth-order valence-electron chi connectivity index (χ4n) is 3.18. The van der Waals surface area contributed by atoms with Gasteiger partial charge in [0.2, 0.25) is 0 Å². The summed E-state index contributed by atoms with van der Waals surface area (Å²) in [6.45, 7) is 8.20. The number of nitrogens with zero attached hydrogens (tertiary/aromatic N) is 1. The Kier molecular flexibility index (Phi) is 7.83. The first kappa shape index (κ1) is 16.2. The lowest BCUT2D eigenvalue weighted by atomic mass is 9.85. The highest BCUT2D eigenvalue weighted by molar-refractivity contribution is 4.88. The predicted molar refractivity (Wildman–Crippen MR) is 79.1 cm³/mol. The van der Waals surface area contributed by atoms with Crippen molar-refractivity contribution >= 4 is 0 Å². The number of methoxy groups -OCH3 is 1. The molecule has 2 atom stereocenters. The lowest BCUT2D eigenvalue weighted by molar-refractivity contribution is 0.0140. The van der Waals surface area contributed by atoms with Crippen LogP contribution in [0.5, 0.6) is 0 Å². The highest BCUT2D eigenvalue weighted by Gasteiger charge is 2.30. The smallest absolute Gasteiger partial charge is 0.0701 e. The molecule has 5 heteroatoms. The van der Waals surface area contributed by atoms with Crippen LogP contribution in [0.3, 0.4) is 0 Å². The summed E-state index contributed by atoms with van der Waals surface area (Å²) in [5, 5.41) is 3.66. The minimum atomic E-state index is 0.655. The number of fused-ring (bicyclic) bond motifs is 1. The minimum Gasteiger partial charge on any atom is -0.382 e. The molecule has 0 radical (unpaired) electrons. The third-order valence-electron chi connectivity index (χ3n) is 4.33. The van der Waals surface area contributed by atoms with E-state index in [-0.39, 0.29) is 0 Å². The van der Waals surface area contributed by atoms with E-state index in [0.717, 1.165) is 25.1 Å². The quantitative estimate of drug-likeness (QED) is 0.633. The Morgan fingerprint density at radius 3 is 2.70 bits per heavy atom. The van der Waals surface area contributed by atoms with E-state index < -0.39 is 0 Å². The van der Waals surface area contributed by atoms with Gasteiger partial charge in [0.15, 0.2) is 0 Å². The first-order valence-electron chi connectivity index (χ1n) is 8.00. The molecule has 2 unspecified atom stereocenters. The molecule has 0 aromatic heterocycles. The maximum absolute atomic E-state index is 5.63. The van der Waals surface area contributed by atoms with Crippen LogP contribution in [0.15, 0.2) is 0 Å². The highest BCUT2D eigenvalue weighted by atomic mass is 16.5. The molecule has 5 nitrogen and oxygen atoms in total. The van der Waals surface area contributed by atoms with Gasteiger partial charge in [-0.15, -0.1) is 0 Å². The molecule has 0 aromatic carbocycles. The second-order valence-corrected chi connectivity index (χ2v) is 5.77. The summed E-state index contributed by atoms with van der Waals surface area (Å²) >= 11 is 0. The lowest BCUT2D eigenvalue weighted by Crippen LogP contribution is -2.52. The van der Waals surface area contributed by atoms with Gasteiger partial charge in [-0.2, -0.15) is 0 Å². The van der Waals surface area contributed by atoms with Gasteiger partial charge >= 0.3 is 0 Å². The number of ether oxygens (including phenoxy) is 3. The Morgan fingerprint density at radius 2 is 1.85 bits per heavy atom. The molecule has 2 fully saturated rings. The molecule has 0 spiro atoms. The fourth-order valence-corrected chi connectivity index (χ4v) is 3.18. The molecule has 2 rings (SSSR count). The number of hydrogen-bond donors (Lipinski definition) is 1. The van der Waals surface area contributed by atoms with Crippen LogP contribution < -0.4 is 5.32 Å². The van der Waals surface area contributed by atoms with Gasteiger partial charge in [0.1, 0.15) is 0 Å². The van der Waals surface area contributed by atoms with E-state index in [2.05, 4.69) is 10.2 Å². The van der Waals surface area contributed by atoms with Crippen molar-refractivity contribution in [3.63, 3.8) is 0 Å². The molecular formula is C15H30N2O3. The van der Waals surface area contributed by atoms with Crippen LogP contribution in [0.1, 0.15) is 19.3 Å². The normalized spacial score (nSPS) is 27.4. The summed E-state index contributed by atoms with van der Waals surface area (Å²) in [6, 6.07) is 0.773. The molecule has 118 valence electrons. The first-order chi connectivity index (χ1) is 9.90. The van der Waals surface area contributed by atoms with E-state index in [0.29, 0.717) is 26.4 Å². The Balaban J connectivity index is 1.46. The summed E-state index contributed by atoms with van der Waals surface area (Å²) in [5.41, 5.74) is 0. The third kappa shape index (κ3) is 5.66. The van der Waals surface area contributed by atoms with Crippen molar-refractivity contribution < 1.29 is 14.2 Å². The van der Waals surface area contributed by atoms with Gasteiger partial charge in [-0.05, 0) is 38.3 Å².